The third kappa shape index (κ3) is 9.26. The van der Waals surface area contributed by atoms with E-state index in [0.29, 0.717) is 22.0 Å². The average molecular weight is 740 g/mol. The van der Waals surface area contributed by atoms with Gasteiger partial charge in [-0.05, 0) is 60.4 Å². The number of aliphatic hydroxyl groups is 1. The second-order valence-corrected chi connectivity index (χ2v) is 15.5. The molecule has 6 rings (SSSR count). The number of carbonyl (C=O) groups excluding carboxylic acids is 1. The van der Waals surface area contributed by atoms with Gasteiger partial charge in [0.2, 0.25) is 15.9 Å². The molecule has 270 valence electrons. The summed E-state index contributed by atoms with van der Waals surface area (Å²) in [7, 11) is -4.02. The van der Waals surface area contributed by atoms with Gasteiger partial charge in [-0.25, -0.2) is 8.42 Å². The van der Waals surface area contributed by atoms with Crippen molar-refractivity contribution < 1.29 is 32.5 Å². The van der Waals surface area contributed by atoms with E-state index in [2.05, 4.69) is 10.0 Å². The predicted octanol–water partition coefficient (Wildman–Crippen LogP) is 6.23. The molecule has 5 aromatic rings. The Morgan fingerprint density at radius 2 is 1.62 bits per heavy atom. The van der Waals surface area contributed by atoms with Gasteiger partial charge in [0, 0.05) is 35.1 Å². The van der Waals surface area contributed by atoms with Gasteiger partial charge in [0.1, 0.15) is 6.04 Å². The molecule has 0 radical (unpaired) electrons. The predicted molar refractivity (Wildman–Crippen MR) is 200 cm³/mol. The molecule has 52 heavy (non-hydrogen) atoms. The number of rotatable bonds is 13. The summed E-state index contributed by atoms with van der Waals surface area (Å²) >= 11 is 1.40. The van der Waals surface area contributed by atoms with E-state index in [4.69, 9.17) is 9.47 Å². The number of aliphatic hydroxyl groups excluding tert-OH is 1. The smallest absolute Gasteiger partial charge is 0.251 e. The molecular weight excluding hydrogens is 699 g/mol. The SMILES string of the molecule is Cc1ccc(S(=O)(=O)NC(Cc2ccccc2)C(=O)Nc2cccc(C3OC(CSc4cccc[n+]4[O-])C(C)C(c4ccc(CO)cc4)O3)c2)cc1. The summed E-state index contributed by atoms with van der Waals surface area (Å²) in [5, 5.41) is 25.4. The van der Waals surface area contributed by atoms with E-state index in [9.17, 15) is 23.5 Å². The normalized spacial score (nSPS) is 19.5. The Hall–Kier alpha value is -4.56. The summed E-state index contributed by atoms with van der Waals surface area (Å²) in [6.07, 6.45) is 0.0673. The number of aromatic nitrogens is 1. The standard InChI is InChI=1S/C40H41N3O7S2/c1-27-14-20-34(21-15-27)52(47,48)42-35(23-29-9-4-3-5-10-29)39(45)41-33-12-8-11-32(24-33)40-49-36(26-51-37-13-6-7-22-43(37)46)28(2)38(50-40)31-18-16-30(25-44)17-19-31/h3-22,24,28,35-36,38,40,42,44H,23,25-26H2,1-2H3,(H,41,45). The van der Waals surface area contributed by atoms with Gasteiger partial charge in [-0.3, -0.25) is 4.79 Å². The van der Waals surface area contributed by atoms with Crippen LogP contribution in [0, 0.1) is 18.0 Å². The summed E-state index contributed by atoms with van der Waals surface area (Å²) < 4.78 is 43.4. The van der Waals surface area contributed by atoms with Crippen molar-refractivity contribution >= 4 is 33.4 Å². The summed E-state index contributed by atoms with van der Waals surface area (Å²) in [5.41, 5.74) is 4.50. The molecule has 1 fully saturated rings. The third-order valence-electron chi connectivity index (χ3n) is 8.96. The minimum Gasteiger partial charge on any atom is -0.618 e. The molecule has 12 heteroatoms. The molecule has 1 aliphatic heterocycles. The van der Waals surface area contributed by atoms with Crippen molar-refractivity contribution in [3.63, 3.8) is 0 Å². The number of hydrogen-bond acceptors (Lipinski definition) is 8. The second-order valence-electron chi connectivity index (χ2n) is 12.8. The first-order valence-electron chi connectivity index (χ1n) is 16.9. The van der Waals surface area contributed by atoms with Crippen molar-refractivity contribution in [3.8, 4) is 0 Å². The van der Waals surface area contributed by atoms with E-state index < -0.39 is 28.3 Å². The van der Waals surface area contributed by atoms with Crippen molar-refractivity contribution in [1.82, 2.24) is 4.72 Å². The van der Waals surface area contributed by atoms with E-state index in [1.807, 2.05) is 80.6 Å². The third-order valence-corrected chi connectivity index (χ3v) is 11.6. The Balaban J connectivity index is 1.24. The Bertz CT molecular complexity index is 2060. The van der Waals surface area contributed by atoms with Crippen LogP contribution >= 0.6 is 11.8 Å². The molecule has 5 atom stereocenters. The molecule has 0 aliphatic carbocycles. The Labute approximate surface area is 308 Å². The van der Waals surface area contributed by atoms with Gasteiger partial charge in [-0.2, -0.15) is 9.45 Å². The summed E-state index contributed by atoms with van der Waals surface area (Å²) in [6, 6.07) is 34.5. The maximum absolute atomic E-state index is 13.9. The van der Waals surface area contributed by atoms with Crippen LogP contribution in [0.3, 0.4) is 0 Å². The molecule has 1 saturated heterocycles. The summed E-state index contributed by atoms with van der Waals surface area (Å²) in [6.45, 7) is 3.84. The number of aryl methyl sites for hydroxylation is 1. The number of sulfonamides is 1. The largest absolute Gasteiger partial charge is 0.618 e. The van der Waals surface area contributed by atoms with Crippen LogP contribution in [-0.4, -0.2) is 37.3 Å². The monoisotopic (exact) mass is 739 g/mol. The van der Waals surface area contributed by atoms with Crippen LogP contribution in [0.15, 0.2) is 137 Å². The van der Waals surface area contributed by atoms with Crippen LogP contribution < -0.4 is 14.8 Å². The van der Waals surface area contributed by atoms with Crippen LogP contribution in [0.1, 0.15) is 47.1 Å². The van der Waals surface area contributed by atoms with Gasteiger partial charge in [-0.1, -0.05) is 103 Å². The van der Waals surface area contributed by atoms with E-state index in [1.165, 1.54) is 30.1 Å². The van der Waals surface area contributed by atoms with E-state index in [1.54, 1.807) is 42.5 Å². The Morgan fingerprint density at radius 1 is 0.885 bits per heavy atom. The van der Waals surface area contributed by atoms with Crippen molar-refractivity contribution in [3.05, 3.63) is 161 Å². The fraction of sp³-hybridized carbons (Fsp3) is 0.250. The molecule has 5 unspecified atom stereocenters. The highest BCUT2D eigenvalue weighted by Gasteiger charge is 2.39. The van der Waals surface area contributed by atoms with E-state index in [0.717, 1.165) is 27.0 Å². The lowest BCUT2D eigenvalue weighted by atomic mass is 9.91. The van der Waals surface area contributed by atoms with E-state index >= 15 is 0 Å². The lowest BCUT2D eigenvalue weighted by Crippen LogP contribution is -2.45. The first kappa shape index (κ1) is 37.2. The minimum atomic E-state index is -4.02. The molecule has 10 nitrogen and oxygen atoms in total. The number of thioether (sulfide) groups is 1. The van der Waals surface area contributed by atoms with Gasteiger partial charge in [-0.15, -0.1) is 0 Å². The number of benzene rings is 4. The maximum atomic E-state index is 13.9. The Kier molecular flexibility index (Phi) is 12.1. The first-order chi connectivity index (χ1) is 25.1. The molecule has 4 aromatic carbocycles. The van der Waals surface area contributed by atoms with Crippen LogP contribution in [0.5, 0.6) is 0 Å². The highest BCUT2D eigenvalue weighted by Crippen LogP contribution is 2.43. The lowest BCUT2D eigenvalue weighted by molar-refractivity contribution is -0.645. The average Bonchev–Trinajstić information content (AvgIpc) is 3.15. The fourth-order valence-corrected chi connectivity index (χ4v) is 8.28. The zero-order valence-corrected chi connectivity index (χ0v) is 30.4. The molecule has 2 heterocycles. The molecule has 0 spiro atoms. The highest BCUT2D eigenvalue weighted by molar-refractivity contribution is 7.99. The van der Waals surface area contributed by atoms with Crippen LogP contribution in [0.2, 0.25) is 0 Å². The number of ether oxygens (including phenoxy) is 2. The van der Waals surface area contributed by atoms with E-state index in [-0.39, 0.29) is 36.0 Å². The molecule has 0 saturated carbocycles. The zero-order valence-electron chi connectivity index (χ0n) is 28.8. The molecule has 3 N–H and O–H groups in total. The van der Waals surface area contributed by atoms with Gasteiger partial charge in [0.05, 0.1) is 23.7 Å². The molecule has 1 aliphatic rings. The number of anilines is 1. The van der Waals surface area contributed by atoms with Gasteiger partial charge >= 0.3 is 0 Å². The molecular formula is C40H41N3O7S2. The minimum absolute atomic E-state index is 0.0670. The number of nitrogens with zero attached hydrogens (tertiary/aromatic N) is 1. The number of carbonyl (C=O) groups is 1. The van der Waals surface area contributed by atoms with Crippen LogP contribution in [-0.2, 0) is 37.3 Å². The number of nitrogens with one attached hydrogen (secondary N) is 2. The lowest BCUT2D eigenvalue weighted by Gasteiger charge is -2.41. The number of amides is 1. The number of pyridine rings is 1. The first-order valence-corrected chi connectivity index (χ1v) is 19.4. The van der Waals surface area contributed by atoms with Crippen molar-refractivity contribution in [2.75, 3.05) is 11.1 Å². The van der Waals surface area contributed by atoms with Gasteiger partial charge < -0.3 is 25.1 Å². The maximum Gasteiger partial charge on any atom is 0.251 e. The molecule has 1 amide bonds. The zero-order chi connectivity index (χ0) is 36.7. The van der Waals surface area contributed by atoms with Crippen molar-refractivity contribution in [2.45, 2.75) is 61.3 Å². The van der Waals surface area contributed by atoms with Gasteiger partial charge in [0.25, 0.3) is 5.03 Å². The molecule has 0 bridgehead atoms. The van der Waals surface area contributed by atoms with Crippen LogP contribution in [0.4, 0.5) is 5.69 Å². The molecule has 1 aromatic heterocycles. The fourth-order valence-electron chi connectivity index (χ4n) is 6.00. The van der Waals surface area contributed by atoms with Crippen molar-refractivity contribution in [1.29, 1.82) is 0 Å². The Morgan fingerprint density at radius 3 is 2.33 bits per heavy atom. The quantitative estimate of drug-likeness (QED) is 0.0734. The number of hydrogen-bond donors (Lipinski definition) is 3. The van der Waals surface area contributed by atoms with Gasteiger partial charge in [0.15, 0.2) is 12.5 Å². The summed E-state index contributed by atoms with van der Waals surface area (Å²) in [5.74, 6) is -0.145. The van der Waals surface area contributed by atoms with Crippen molar-refractivity contribution in [2.24, 2.45) is 5.92 Å². The second kappa shape index (κ2) is 16.8. The topological polar surface area (TPSA) is 141 Å². The summed E-state index contributed by atoms with van der Waals surface area (Å²) in [4.78, 5) is 13.9. The highest BCUT2D eigenvalue weighted by atomic mass is 32.2. The van der Waals surface area contributed by atoms with Crippen LogP contribution in [0.25, 0.3) is 0 Å².